The molecule has 0 radical (unpaired) electrons. The van der Waals surface area contributed by atoms with Crippen LogP contribution in [0.4, 0.5) is 11.4 Å². The summed E-state index contributed by atoms with van der Waals surface area (Å²) in [6, 6.07) is 6.70. The fourth-order valence-corrected chi connectivity index (χ4v) is 1.99. The molecule has 0 amide bonds. The number of nitro benzene ring substituents is 1. The average Bonchev–Trinajstić information content (AvgIpc) is 2.39. The van der Waals surface area contributed by atoms with Gasteiger partial charge in [0.05, 0.1) is 17.6 Å². The monoisotopic (exact) mass is 236 g/mol. The summed E-state index contributed by atoms with van der Waals surface area (Å²) >= 11 is 0. The Kier molecular flexibility index (Phi) is 3.58. The van der Waals surface area contributed by atoms with Crippen molar-refractivity contribution in [1.29, 1.82) is 0 Å². The fourth-order valence-electron chi connectivity index (χ4n) is 1.99. The zero-order valence-corrected chi connectivity index (χ0v) is 9.83. The zero-order chi connectivity index (χ0) is 12.3. The number of hydrogen-bond acceptors (Lipinski definition) is 4. The Morgan fingerprint density at radius 3 is 2.76 bits per heavy atom. The number of nitrogens with zero attached hydrogens (tertiary/aromatic N) is 2. The Balaban J connectivity index is 2.08. The van der Waals surface area contributed by atoms with Gasteiger partial charge in [0.15, 0.2) is 0 Å². The molecule has 0 bridgehead atoms. The fraction of sp³-hybridized carbons (Fsp3) is 0.500. The molecule has 0 aliphatic carbocycles. The highest BCUT2D eigenvalue weighted by atomic mass is 16.6. The summed E-state index contributed by atoms with van der Waals surface area (Å²) in [5.41, 5.74) is 1.16. The first-order valence-corrected chi connectivity index (χ1v) is 5.81. The van der Waals surface area contributed by atoms with E-state index in [1.165, 1.54) is 0 Å². The topological polar surface area (TPSA) is 55.6 Å². The van der Waals surface area contributed by atoms with Crippen LogP contribution in [-0.4, -0.2) is 30.7 Å². The minimum Gasteiger partial charge on any atom is -0.375 e. The summed E-state index contributed by atoms with van der Waals surface area (Å²) in [7, 11) is 0. The first-order chi connectivity index (χ1) is 8.20. The van der Waals surface area contributed by atoms with E-state index in [4.69, 9.17) is 4.74 Å². The molecule has 1 aromatic rings. The molecule has 1 aliphatic rings. The molecule has 1 atom stereocenters. The molecule has 17 heavy (non-hydrogen) atoms. The largest absolute Gasteiger partial charge is 0.375 e. The molecule has 92 valence electrons. The van der Waals surface area contributed by atoms with Crippen molar-refractivity contribution in [1.82, 2.24) is 0 Å². The highest BCUT2D eigenvalue weighted by Crippen LogP contribution is 2.21. The van der Waals surface area contributed by atoms with E-state index in [1.807, 2.05) is 0 Å². The van der Waals surface area contributed by atoms with Crippen molar-refractivity contribution in [2.45, 2.75) is 19.4 Å². The number of benzene rings is 1. The van der Waals surface area contributed by atoms with Crippen molar-refractivity contribution in [2.75, 3.05) is 24.6 Å². The second kappa shape index (κ2) is 5.14. The van der Waals surface area contributed by atoms with Gasteiger partial charge in [-0.1, -0.05) is 6.92 Å². The van der Waals surface area contributed by atoms with Gasteiger partial charge >= 0.3 is 0 Å². The van der Waals surface area contributed by atoms with Gasteiger partial charge in [0.25, 0.3) is 5.69 Å². The maximum atomic E-state index is 10.6. The molecule has 2 rings (SSSR count). The molecule has 1 fully saturated rings. The third-order valence-corrected chi connectivity index (χ3v) is 3.02. The Morgan fingerprint density at radius 1 is 1.47 bits per heavy atom. The lowest BCUT2D eigenvalue weighted by atomic mass is 10.2. The van der Waals surface area contributed by atoms with E-state index in [2.05, 4.69) is 11.8 Å². The maximum absolute atomic E-state index is 10.6. The van der Waals surface area contributed by atoms with Crippen LogP contribution in [-0.2, 0) is 4.74 Å². The van der Waals surface area contributed by atoms with Crippen LogP contribution in [0, 0.1) is 10.1 Å². The molecule has 5 nitrogen and oxygen atoms in total. The second-order valence-electron chi connectivity index (χ2n) is 4.12. The summed E-state index contributed by atoms with van der Waals surface area (Å²) in [5, 5.41) is 10.6. The lowest BCUT2D eigenvalue weighted by Gasteiger charge is -2.34. The van der Waals surface area contributed by atoms with Crippen LogP contribution in [0.5, 0.6) is 0 Å². The number of non-ortho nitro benzene ring substituents is 1. The van der Waals surface area contributed by atoms with Crippen LogP contribution in [0.1, 0.15) is 13.3 Å². The molecule has 0 aromatic heterocycles. The third-order valence-electron chi connectivity index (χ3n) is 3.02. The maximum Gasteiger partial charge on any atom is 0.269 e. The first-order valence-electron chi connectivity index (χ1n) is 5.81. The van der Waals surface area contributed by atoms with Gasteiger partial charge in [-0.3, -0.25) is 10.1 Å². The highest BCUT2D eigenvalue weighted by molar-refractivity contribution is 5.51. The summed E-state index contributed by atoms with van der Waals surface area (Å²) in [4.78, 5) is 12.4. The number of rotatable bonds is 3. The number of nitro groups is 1. The van der Waals surface area contributed by atoms with Crippen molar-refractivity contribution in [3.8, 4) is 0 Å². The van der Waals surface area contributed by atoms with Crippen LogP contribution in [0.25, 0.3) is 0 Å². The molecule has 0 saturated carbocycles. The standard InChI is InChI=1S/C12H16N2O3/c1-2-12-9-13(7-8-17-12)10-3-5-11(6-4-10)14(15)16/h3-6,12H,2,7-9H2,1H3. The Hall–Kier alpha value is -1.62. The Morgan fingerprint density at radius 2 is 2.18 bits per heavy atom. The van der Waals surface area contributed by atoms with Crippen molar-refractivity contribution in [3.05, 3.63) is 34.4 Å². The number of hydrogen-bond donors (Lipinski definition) is 0. The van der Waals surface area contributed by atoms with Gasteiger partial charge < -0.3 is 9.64 Å². The van der Waals surface area contributed by atoms with Gasteiger partial charge in [-0.25, -0.2) is 0 Å². The molecule has 0 spiro atoms. The molecule has 1 unspecified atom stereocenters. The van der Waals surface area contributed by atoms with Gasteiger partial charge in [0.1, 0.15) is 0 Å². The van der Waals surface area contributed by atoms with Crippen LogP contribution in [0.15, 0.2) is 24.3 Å². The first kappa shape index (κ1) is 11.9. The van der Waals surface area contributed by atoms with E-state index in [-0.39, 0.29) is 16.7 Å². The van der Waals surface area contributed by atoms with Crippen LogP contribution in [0.3, 0.4) is 0 Å². The molecule has 1 aliphatic heterocycles. The molecule has 5 heteroatoms. The van der Waals surface area contributed by atoms with Crippen molar-refractivity contribution >= 4 is 11.4 Å². The van der Waals surface area contributed by atoms with Gasteiger partial charge in [-0.05, 0) is 18.6 Å². The molecule has 1 aromatic carbocycles. The van der Waals surface area contributed by atoms with Crippen molar-refractivity contribution < 1.29 is 9.66 Å². The van der Waals surface area contributed by atoms with Gasteiger partial charge in [0.2, 0.25) is 0 Å². The summed E-state index contributed by atoms with van der Waals surface area (Å²) < 4.78 is 5.59. The lowest BCUT2D eigenvalue weighted by Crippen LogP contribution is -2.42. The van der Waals surface area contributed by atoms with E-state index < -0.39 is 0 Å². The quantitative estimate of drug-likeness (QED) is 0.596. The summed E-state index contributed by atoms with van der Waals surface area (Å²) in [6.45, 7) is 4.52. The van der Waals surface area contributed by atoms with Gasteiger partial charge in [-0.15, -0.1) is 0 Å². The van der Waals surface area contributed by atoms with Gasteiger partial charge in [-0.2, -0.15) is 0 Å². The predicted octanol–water partition coefficient (Wildman–Crippen LogP) is 2.21. The summed E-state index contributed by atoms with van der Waals surface area (Å²) in [5.74, 6) is 0. The minimum absolute atomic E-state index is 0.133. The molecular formula is C12H16N2O3. The van der Waals surface area contributed by atoms with Crippen LogP contribution >= 0.6 is 0 Å². The Labute approximate surface area is 100 Å². The van der Waals surface area contributed by atoms with Crippen molar-refractivity contribution in [2.24, 2.45) is 0 Å². The lowest BCUT2D eigenvalue weighted by molar-refractivity contribution is -0.384. The summed E-state index contributed by atoms with van der Waals surface area (Å²) in [6.07, 6.45) is 1.25. The van der Waals surface area contributed by atoms with E-state index in [0.717, 1.165) is 31.8 Å². The highest BCUT2D eigenvalue weighted by Gasteiger charge is 2.19. The number of anilines is 1. The van der Waals surface area contributed by atoms with E-state index in [0.29, 0.717) is 0 Å². The smallest absolute Gasteiger partial charge is 0.269 e. The second-order valence-corrected chi connectivity index (χ2v) is 4.12. The SMILES string of the molecule is CCC1CN(c2ccc([N+](=O)[O-])cc2)CCO1. The molecular weight excluding hydrogens is 220 g/mol. The number of morpholine rings is 1. The molecule has 1 saturated heterocycles. The Bertz CT molecular complexity index is 391. The van der Waals surface area contributed by atoms with E-state index in [1.54, 1.807) is 24.3 Å². The van der Waals surface area contributed by atoms with E-state index in [9.17, 15) is 10.1 Å². The minimum atomic E-state index is -0.377. The molecule has 1 heterocycles. The van der Waals surface area contributed by atoms with Crippen LogP contribution in [0.2, 0.25) is 0 Å². The number of ether oxygens (including phenoxy) is 1. The zero-order valence-electron chi connectivity index (χ0n) is 9.83. The van der Waals surface area contributed by atoms with Crippen molar-refractivity contribution in [3.63, 3.8) is 0 Å². The average molecular weight is 236 g/mol. The third kappa shape index (κ3) is 2.74. The molecule has 0 N–H and O–H groups in total. The van der Waals surface area contributed by atoms with Gasteiger partial charge in [0, 0.05) is 30.9 Å². The normalized spacial score (nSPS) is 20.3. The van der Waals surface area contributed by atoms with Crippen LogP contribution < -0.4 is 4.90 Å². The predicted molar refractivity (Wildman–Crippen MR) is 65.3 cm³/mol. The van der Waals surface area contributed by atoms with E-state index >= 15 is 0 Å².